The van der Waals surface area contributed by atoms with E-state index in [0.29, 0.717) is 5.75 Å². The van der Waals surface area contributed by atoms with E-state index in [1.54, 1.807) is 0 Å². The molecule has 1 N–H and O–H groups in total. The van der Waals surface area contributed by atoms with E-state index >= 15 is 0 Å². The van der Waals surface area contributed by atoms with Crippen molar-refractivity contribution in [2.45, 2.75) is 52.4 Å². The quantitative estimate of drug-likeness (QED) is 0.659. The first-order chi connectivity index (χ1) is 10.2. The molecule has 0 aromatic heterocycles. The Morgan fingerprint density at radius 2 is 1.82 bits per heavy atom. The molecule has 5 heteroatoms. The molecule has 1 aliphatic heterocycles. The number of hydrogen-bond acceptors (Lipinski definition) is 4. The van der Waals surface area contributed by atoms with Crippen LogP contribution < -0.4 is 0 Å². The standard InChI is InChI=1S/C17H25BO3S/c1-12-6-7-13(10-19)8-14(12)9-15(11-22)18-20-16(2,3)17(4,5)21-18/h6-9,19,22H,10-11H2,1-5H3. The maximum Gasteiger partial charge on any atom is 0.491 e. The van der Waals surface area contributed by atoms with E-state index in [1.165, 1.54) is 0 Å². The molecule has 120 valence electrons. The summed E-state index contributed by atoms with van der Waals surface area (Å²) in [4.78, 5) is 0. The van der Waals surface area contributed by atoms with Gasteiger partial charge in [-0.1, -0.05) is 18.2 Å². The van der Waals surface area contributed by atoms with E-state index < -0.39 is 0 Å². The maximum atomic E-state index is 9.31. The van der Waals surface area contributed by atoms with Crippen LogP contribution in [0.2, 0.25) is 0 Å². The van der Waals surface area contributed by atoms with Gasteiger partial charge < -0.3 is 14.4 Å². The predicted octanol–water partition coefficient (Wildman–Crippen LogP) is 3.43. The Kier molecular flexibility index (Phi) is 5.12. The fourth-order valence-corrected chi connectivity index (χ4v) is 2.57. The molecule has 2 rings (SSSR count). The number of hydrogen-bond donors (Lipinski definition) is 2. The zero-order valence-electron chi connectivity index (χ0n) is 14.0. The van der Waals surface area contributed by atoms with Crippen molar-refractivity contribution in [3.63, 3.8) is 0 Å². The van der Waals surface area contributed by atoms with Crippen molar-refractivity contribution in [3.05, 3.63) is 40.4 Å². The van der Waals surface area contributed by atoms with Crippen LogP contribution >= 0.6 is 12.6 Å². The van der Waals surface area contributed by atoms with Crippen LogP contribution in [0.25, 0.3) is 6.08 Å². The van der Waals surface area contributed by atoms with Crippen molar-refractivity contribution in [2.24, 2.45) is 0 Å². The van der Waals surface area contributed by atoms with Gasteiger partial charge in [0, 0.05) is 5.75 Å². The lowest BCUT2D eigenvalue weighted by Crippen LogP contribution is -2.41. The van der Waals surface area contributed by atoms with Gasteiger partial charge in [0.1, 0.15) is 0 Å². The molecule has 1 fully saturated rings. The van der Waals surface area contributed by atoms with Gasteiger partial charge >= 0.3 is 7.12 Å². The summed E-state index contributed by atoms with van der Waals surface area (Å²) in [6.07, 6.45) is 2.06. The molecule has 0 saturated carbocycles. The summed E-state index contributed by atoms with van der Waals surface area (Å²) in [6.45, 7) is 10.3. The van der Waals surface area contributed by atoms with Gasteiger partial charge in [-0.05, 0) is 62.8 Å². The van der Waals surface area contributed by atoms with Crippen LogP contribution in [-0.4, -0.2) is 29.2 Å². The molecule has 0 atom stereocenters. The molecule has 0 amide bonds. The molecule has 3 nitrogen and oxygen atoms in total. The first-order valence-electron chi connectivity index (χ1n) is 7.57. The molecule has 1 heterocycles. The highest BCUT2D eigenvalue weighted by molar-refractivity contribution is 7.80. The summed E-state index contributed by atoms with van der Waals surface area (Å²) in [5, 5.41) is 9.31. The van der Waals surface area contributed by atoms with Crippen LogP contribution in [-0.2, 0) is 15.9 Å². The number of thiol groups is 1. The minimum atomic E-state index is -0.389. The van der Waals surface area contributed by atoms with Crippen molar-refractivity contribution in [1.82, 2.24) is 0 Å². The van der Waals surface area contributed by atoms with Gasteiger partial charge in [0.2, 0.25) is 0 Å². The molecule has 1 aromatic carbocycles. The van der Waals surface area contributed by atoms with E-state index in [1.807, 2.05) is 52.8 Å². The molecule has 0 radical (unpaired) electrons. The average molecular weight is 320 g/mol. The largest absolute Gasteiger partial charge is 0.491 e. The first-order valence-corrected chi connectivity index (χ1v) is 8.21. The van der Waals surface area contributed by atoms with Gasteiger partial charge in [0.15, 0.2) is 0 Å². The first kappa shape index (κ1) is 17.6. The maximum absolute atomic E-state index is 9.31. The second-order valence-corrected chi connectivity index (χ2v) is 7.13. The molecule has 1 aliphatic rings. The minimum Gasteiger partial charge on any atom is -0.400 e. The fourth-order valence-electron chi connectivity index (χ4n) is 2.33. The van der Waals surface area contributed by atoms with Crippen LogP contribution in [0, 0.1) is 6.92 Å². The highest BCUT2D eigenvalue weighted by atomic mass is 32.1. The average Bonchev–Trinajstić information content (AvgIpc) is 2.66. The minimum absolute atomic E-state index is 0.0355. The Balaban J connectivity index is 2.33. The number of benzene rings is 1. The normalized spacial score (nSPS) is 20.5. The second kappa shape index (κ2) is 6.40. The summed E-state index contributed by atoms with van der Waals surface area (Å²) in [5.74, 6) is 0.555. The Morgan fingerprint density at radius 1 is 1.23 bits per heavy atom. The molecule has 0 unspecified atom stereocenters. The number of aliphatic hydroxyl groups is 1. The van der Waals surface area contributed by atoms with Gasteiger partial charge in [-0.25, -0.2) is 0 Å². The van der Waals surface area contributed by atoms with Gasteiger partial charge in [-0.2, -0.15) is 12.6 Å². The van der Waals surface area contributed by atoms with E-state index in [0.717, 1.165) is 22.2 Å². The van der Waals surface area contributed by atoms with Crippen molar-refractivity contribution in [3.8, 4) is 0 Å². The van der Waals surface area contributed by atoms with Gasteiger partial charge in [0.05, 0.1) is 17.8 Å². The molecular weight excluding hydrogens is 295 g/mol. The van der Waals surface area contributed by atoms with Gasteiger partial charge in [-0.15, -0.1) is 0 Å². The highest BCUT2D eigenvalue weighted by Gasteiger charge is 2.52. The van der Waals surface area contributed by atoms with Crippen molar-refractivity contribution in [2.75, 3.05) is 5.75 Å². The SMILES string of the molecule is Cc1ccc(CO)cc1C=C(CS)B1OC(C)(C)C(C)(C)O1. The smallest absolute Gasteiger partial charge is 0.400 e. The fraction of sp³-hybridized carbons (Fsp3) is 0.529. The van der Waals surface area contributed by atoms with Crippen LogP contribution in [0.5, 0.6) is 0 Å². The lowest BCUT2D eigenvalue weighted by molar-refractivity contribution is 0.00578. The summed E-state index contributed by atoms with van der Waals surface area (Å²) >= 11 is 4.44. The summed E-state index contributed by atoms with van der Waals surface area (Å²) in [5.41, 5.74) is 3.37. The predicted molar refractivity (Wildman–Crippen MR) is 95.0 cm³/mol. The monoisotopic (exact) mass is 320 g/mol. The molecule has 1 saturated heterocycles. The van der Waals surface area contributed by atoms with Crippen molar-refractivity contribution in [1.29, 1.82) is 0 Å². The second-order valence-electron chi connectivity index (χ2n) is 6.81. The lowest BCUT2D eigenvalue weighted by Gasteiger charge is -2.32. The highest BCUT2D eigenvalue weighted by Crippen LogP contribution is 2.39. The number of aliphatic hydroxyl groups excluding tert-OH is 1. The molecule has 1 aromatic rings. The number of aryl methyl sites for hydroxylation is 1. The third kappa shape index (κ3) is 3.43. The summed E-state index contributed by atoms with van der Waals surface area (Å²) in [6, 6.07) is 5.93. The topological polar surface area (TPSA) is 38.7 Å². The zero-order valence-corrected chi connectivity index (χ0v) is 14.9. The molecule has 0 spiro atoms. The van der Waals surface area contributed by atoms with Gasteiger partial charge in [0.25, 0.3) is 0 Å². The van der Waals surface area contributed by atoms with E-state index in [4.69, 9.17) is 9.31 Å². The van der Waals surface area contributed by atoms with Crippen LogP contribution in [0.15, 0.2) is 23.7 Å². The van der Waals surface area contributed by atoms with Crippen molar-refractivity contribution < 1.29 is 14.4 Å². The third-order valence-corrected chi connectivity index (χ3v) is 4.97. The molecular formula is C17H25BO3S. The lowest BCUT2D eigenvalue weighted by atomic mass is 9.78. The Morgan fingerprint density at radius 3 is 2.32 bits per heavy atom. The number of rotatable bonds is 4. The summed E-state index contributed by atoms with van der Waals surface area (Å²) < 4.78 is 12.2. The third-order valence-electron chi connectivity index (χ3n) is 4.61. The van der Waals surface area contributed by atoms with Crippen LogP contribution in [0.1, 0.15) is 44.4 Å². The van der Waals surface area contributed by atoms with Crippen LogP contribution in [0.4, 0.5) is 0 Å². The Labute approximate surface area is 139 Å². The van der Waals surface area contributed by atoms with E-state index in [-0.39, 0.29) is 24.9 Å². The summed E-state index contributed by atoms with van der Waals surface area (Å²) in [7, 11) is -0.389. The van der Waals surface area contributed by atoms with E-state index in [2.05, 4.69) is 18.7 Å². The Bertz CT molecular complexity index is 565. The van der Waals surface area contributed by atoms with Crippen molar-refractivity contribution >= 4 is 25.8 Å². The van der Waals surface area contributed by atoms with Crippen LogP contribution in [0.3, 0.4) is 0 Å². The van der Waals surface area contributed by atoms with Gasteiger partial charge in [-0.3, -0.25) is 0 Å². The molecule has 0 bridgehead atoms. The Hall–Kier alpha value is -0.745. The van der Waals surface area contributed by atoms with E-state index in [9.17, 15) is 5.11 Å². The molecule has 0 aliphatic carbocycles. The molecule has 22 heavy (non-hydrogen) atoms. The zero-order chi connectivity index (χ0) is 16.5.